The van der Waals surface area contributed by atoms with Crippen molar-refractivity contribution in [3.05, 3.63) is 0 Å². The van der Waals surface area contributed by atoms with Crippen LogP contribution in [0.25, 0.3) is 0 Å². The van der Waals surface area contributed by atoms with Crippen molar-refractivity contribution in [2.45, 2.75) is 39.0 Å². The van der Waals surface area contributed by atoms with Crippen LogP contribution in [0.2, 0.25) is 0 Å². The zero-order valence-electron chi connectivity index (χ0n) is 9.47. The standard InChI is InChI=1S/C11H22ClNO2/c1-2-10(6-8-14)9-13-11(15)5-3-4-7-12/h10,14H,2-9H2,1H3,(H,13,15). The fourth-order valence-electron chi connectivity index (χ4n) is 1.36. The fourth-order valence-corrected chi connectivity index (χ4v) is 1.55. The van der Waals surface area contributed by atoms with Crippen molar-refractivity contribution < 1.29 is 9.90 Å². The normalized spacial score (nSPS) is 12.5. The van der Waals surface area contributed by atoms with Gasteiger partial charge in [0.15, 0.2) is 0 Å². The molecule has 0 aromatic rings. The second kappa shape index (κ2) is 10.2. The number of carbonyl (C=O) groups is 1. The van der Waals surface area contributed by atoms with Crippen LogP contribution >= 0.6 is 11.6 Å². The number of hydrogen-bond acceptors (Lipinski definition) is 2. The van der Waals surface area contributed by atoms with E-state index in [2.05, 4.69) is 12.2 Å². The third-order valence-electron chi connectivity index (χ3n) is 2.49. The first-order valence-electron chi connectivity index (χ1n) is 5.68. The number of amides is 1. The number of halogens is 1. The number of carbonyl (C=O) groups excluding carboxylic acids is 1. The minimum Gasteiger partial charge on any atom is -0.396 e. The van der Waals surface area contributed by atoms with Gasteiger partial charge in [-0.05, 0) is 25.2 Å². The highest BCUT2D eigenvalue weighted by Crippen LogP contribution is 2.06. The van der Waals surface area contributed by atoms with E-state index in [-0.39, 0.29) is 12.5 Å². The van der Waals surface area contributed by atoms with E-state index in [0.717, 1.165) is 25.7 Å². The summed E-state index contributed by atoms with van der Waals surface area (Å²) in [5.74, 6) is 1.11. The number of unbranched alkanes of at least 4 members (excludes halogenated alkanes) is 1. The molecule has 0 aliphatic carbocycles. The minimum atomic E-state index is 0.0940. The van der Waals surface area contributed by atoms with Gasteiger partial charge in [0.25, 0.3) is 0 Å². The van der Waals surface area contributed by atoms with Gasteiger partial charge in [-0.1, -0.05) is 13.3 Å². The molecule has 2 N–H and O–H groups in total. The van der Waals surface area contributed by atoms with Crippen LogP contribution in [-0.2, 0) is 4.79 Å². The molecule has 90 valence electrons. The van der Waals surface area contributed by atoms with Crippen LogP contribution < -0.4 is 5.32 Å². The first-order chi connectivity index (χ1) is 7.24. The number of aliphatic hydroxyl groups excluding tert-OH is 1. The maximum absolute atomic E-state index is 11.3. The Balaban J connectivity index is 3.50. The Kier molecular flexibility index (Phi) is 10.1. The number of nitrogens with one attached hydrogen (secondary N) is 1. The second-order valence-corrected chi connectivity index (χ2v) is 4.11. The van der Waals surface area contributed by atoms with Gasteiger partial charge in [0, 0.05) is 25.5 Å². The van der Waals surface area contributed by atoms with E-state index in [9.17, 15) is 4.79 Å². The molecule has 1 unspecified atom stereocenters. The molecule has 0 bridgehead atoms. The van der Waals surface area contributed by atoms with E-state index in [1.165, 1.54) is 0 Å². The summed E-state index contributed by atoms with van der Waals surface area (Å²) < 4.78 is 0. The van der Waals surface area contributed by atoms with Crippen molar-refractivity contribution in [3.63, 3.8) is 0 Å². The predicted octanol–water partition coefficient (Wildman–Crippen LogP) is 1.92. The summed E-state index contributed by atoms with van der Waals surface area (Å²) in [5.41, 5.74) is 0. The maximum atomic E-state index is 11.3. The van der Waals surface area contributed by atoms with Crippen molar-refractivity contribution in [2.24, 2.45) is 5.92 Å². The highest BCUT2D eigenvalue weighted by atomic mass is 35.5. The largest absolute Gasteiger partial charge is 0.396 e. The number of aliphatic hydroxyl groups is 1. The summed E-state index contributed by atoms with van der Waals surface area (Å²) >= 11 is 5.52. The number of rotatable bonds is 9. The quantitative estimate of drug-likeness (QED) is 0.474. The van der Waals surface area contributed by atoms with E-state index in [0.29, 0.717) is 24.8 Å². The number of alkyl halides is 1. The van der Waals surface area contributed by atoms with Crippen LogP contribution in [0, 0.1) is 5.92 Å². The zero-order valence-corrected chi connectivity index (χ0v) is 10.2. The zero-order chi connectivity index (χ0) is 11.5. The Hall–Kier alpha value is -0.280. The molecule has 0 radical (unpaired) electrons. The average molecular weight is 236 g/mol. The first-order valence-corrected chi connectivity index (χ1v) is 6.21. The van der Waals surface area contributed by atoms with E-state index in [1.54, 1.807) is 0 Å². The Morgan fingerprint density at radius 3 is 2.73 bits per heavy atom. The Morgan fingerprint density at radius 1 is 1.47 bits per heavy atom. The monoisotopic (exact) mass is 235 g/mol. The summed E-state index contributed by atoms with van der Waals surface area (Å²) in [5, 5.41) is 11.7. The third kappa shape index (κ3) is 8.70. The van der Waals surface area contributed by atoms with Crippen LogP contribution in [0.3, 0.4) is 0 Å². The SMILES string of the molecule is CCC(CCO)CNC(=O)CCCCCl. The molecule has 0 aromatic carbocycles. The van der Waals surface area contributed by atoms with Crippen LogP contribution in [0.1, 0.15) is 39.0 Å². The molecule has 0 rings (SSSR count). The molecule has 0 aromatic heterocycles. The molecule has 0 fully saturated rings. The van der Waals surface area contributed by atoms with E-state index >= 15 is 0 Å². The summed E-state index contributed by atoms with van der Waals surface area (Å²) in [6.07, 6.45) is 4.05. The van der Waals surface area contributed by atoms with Gasteiger partial charge < -0.3 is 10.4 Å². The molecule has 3 nitrogen and oxygen atoms in total. The van der Waals surface area contributed by atoms with E-state index in [4.69, 9.17) is 16.7 Å². The van der Waals surface area contributed by atoms with Gasteiger partial charge in [-0.15, -0.1) is 11.6 Å². The van der Waals surface area contributed by atoms with Crippen molar-refractivity contribution in [3.8, 4) is 0 Å². The smallest absolute Gasteiger partial charge is 0.220 e. The van der Waals surface area contributed by atoms with E-state index < -0.39 is 0 Å². The maximum Gasteiger partial charge on any atom is 0.220 e. The molecular weight excluding hydrogens is 214 g/mol. The average Bonchev–Trinajstić information content (AvgIpc) is 2.24. The lowest BCUT2D eigenvalue weighted by Gasteiger charge is -2.14. The highest BCUT2D eigenvalue weighted by Gasteiger charge is 2.07. The van der Waals surface area contributed by atoms with Gasteiger partial charge in [-0.25, -0.2) is 0 Å². The van der Waals surface area contributed by atoms with Gasteiger partial charge in [0.05, 0.1) is 0 Å². The van der Waals surface area contributed by atoms with Crippen molar-refractivity contribution in [1.82, 2.24) is 5.32 Å². The van der Waals surface area contributed by atoms with Crippen molar-refractivity contribution in [1.29, 1.82) is 0 Å². The van der Waals surface area contributed by atoms with Gasteiger partial charge in [-0.2, -0.15) is 0 Å². The number of hydrogen-bond donors (Lipinski definition) is 2. The topological polar surface area (TPSA) is 49.3 Å². The summed E-state index contributed by atoms with van der Waals surface area (Å²) in [7, 11) is 0. The molecular formula is C11H22ClNO2. The van der Waals surface area contributed by atoms with Crippen molar-refractivity contribution in [2.75, 3.05) is 19.0 Å². The molecule has 15 heavy (non-hydrogen) atoms. The Bertz CT molecular complexity index is 165. The van der Waals surface area contributed by atoms with Gasteiger partial charge in [0.2, 0.25) is 5.91 Å². The lowest BCUT2D eigenvalue weighted by Crippen LogP contribution is -2.29. The minimum absolute atomic E-state index is 0.0940. The highest BCUT2D eigenvalue weighted by molar-refractivity contribution is 6.17. The van der Waals surface area contributed by atoms with Gasteiger partial charge >= 0.3 is 0 Å². The fraction of sp³-hybridized carbons (Fsp3) is 0.909. The predicted molar refractivity (Wildman–Crippen MR) is 63.1 cm³/mol. The van der Waals surface area contributed by atoms with E-state index in [1.807, 2.05) is 0 Å². The molecule has 1 amide bonds. The molecule has 1 atom stereocenters. The molecule has 0 heterocycles. The molecule has 0 spiro atoms. The van der Waals surface area contributed by atoms with Crippen molar-refractivity contribution >= 4 is 17.5 Å². The van der Waals surface area contributed by atoms with Gasteiger partial charge in [-0.3, -0.25) is 4.79 Å². The first kappa shape index (κ1) is 14.7. The lowest BCUT2D eigenvalue weighted by atomic mass is 10.0. The van der Waals surface area contributed by atoms with Crippen LogP contribution in [-0.4, -0.2) is 30.0 Å². The van der Waals surface area contributed by atoms with Crippen LogP contribution in [0.5, 0.6) is 0 Å². The summed E-state index contributed by atoms with van der Waals surface area (Å²) in [6.45, 7) is 2.94. The molecule has 0 saturated heterocycles. The van der Waals surface area contributed by atoms with Crippen LogP contribution in [0.15, 0.2) is 0 Å². The molecule has 0 saturated carbocycles. The summed E-state index contributed by atoms with van der Waals surface area (Å²) in [4.78, 5) is 11.3. The van der Waals surface area contributed by atoms with Crippen LogP contribution in [0.4, 0.5) is 0 Å². The Morgan fingerprint density at radius 2 is 2.20 bits per heavy atom. The third-order valence-corrected chi connectivity index (χ3v) is 2.76. The molecule has 4 heteroatoms. The molecule has 0 aliphatic rings. The summed E-state index contributed by atoms with van der Waals surface area (Å²) in [6, 6.07) is 0. The second-order valence-electron chi connectivity index (χ2n) is 3.74. The lowest BCUT2D eigenvalue weighted by molar-refractivity contribution is -0.121. The Labute approximate surface area is 97.2 Å². The molecule has 0 aliphatic heterocycles. The van der Waals surface area contributed by atoms with Gasteiger partial charge in [0.1, 0.15) is 0 Å².